The van der Waals surface area contributed by atoms with Crippen LogP contribution in [0.1, 0.15) is 13.3 Å². The van der Waals surface area contributed by atoms with Crippen molar-refractivity contribution in [3.8, 4) is 0 Å². The molecule has 3 N–H and O–H groups in total. The van der Waals surface area contributed by atoms with Crippen LogP contribution in [0.15, 0.2) is 0 Å². The van der Waals surface area contributed by atoms with Crippen molar-refractivity contribution in [2.45, 2.75) is 19.4 Å². The molecule has 0 saturated carbocycles. The van der Waals surface area contributed by atoms with Crippen molar-refractivity contribution in [2.24, 2.45) is 5.73 Å². The highest BCUT2D eigenvalue weighted by atomic mass is 35.5. The Kier molecular flexibility index (Phi) is 4.19. The number of carboxylic acid groups (broad SMARTS) is 1. The smallest absolute Gasteiger partial charge is 0.328 e. The molecule has 0 aliphatic carbocycles. The predicted molar refractivity (Wildman–Crippen MR) is 43.6 cm³/mol. The van der Waals surface area contributed by atoms with E-state index in [1.54, 1.807) is 0 Å². The second-order valence-corrected chi connectivity index (χ2v) is 2.72. The first-order valence-electron chi connectivity index (χ1n) is 3.33. The van der Waals surface area contributed by atoms with E-state index in [0.29, 0.717) is 4.42 Å². The van der Waals surface area contributed by atoms with Gasteiger partial charge < -0.3 is 10.8 Å². The molecule has 0 spiro atoms. The standard InChI is InChI=1S/C6H9ClN2O4/c1-3(10)9(7)4(6(12)13)2-5(8)11/h4H,2H2,1H3,(H2,8,11)(H,12,13)/t4-/m0/s1. The van der Waals surface area contributed by atoms with Gasteiger partial charge >= 0.3 is 5.97 Å². The molecule has 0 rings (SSSR count). The minimum Gasteiger partial charge on any atom is -0.480 e. The van der Waals surface area contributed by atoms with E-state index in [4.69, 9.17) is 22.6 Å². The minimum absolute atomic E-state index is 0.438. The molecule has 0 unspecified atom stereocenters. The number of nitrogens with zero attached hydrogens (tertiary/aromatic N) is 1. The zero-order chi connectivity index (χ0) is 10.6. The summed E-state index contributed by atoms with van der Waals surface area (Å²) in [5, 5.41) is 8.56. The van der Waals surface area contributed by atoms with E-state index in [1.807, 2.05) is 0 Å². The molecule has 7 heteroatoms. The van der Waals surface area contributed by atoms with Crippen molar-refractivity contribution in [3.63, 3.8) is 0 Å². The molecule has 0 aliphatic heterocycles. The number of halogens is 1. The van der Waals surface area contributed by atoms with Gasteiger partial charge in [-0.3, -0.25) is 9.59 Å². The van der Waals surface area contributed by atoms with Crippen LogP contribution in [0.3, 0.4) is 0 Å². The number of aliphatic carboxylic acids is 1. The van der Waals surface area contributed by atoms with Crippen LogP contribution < -0.4 is 5.73 Å². The summed E-state index contributed by atoms with van der Waals surface area (Å²) in [4.78, 5) is 31.5. The number of hydrogen-bond donors (Lipinski definition) is 2. The number of primary amides is 1. The number of carbonyl (C=O) groups excluding carboxylic acids is 2. The zero-order valence-corrected chi connectivity index (χ0v) is 7.61. The highest BCUT2D eigenvalue weighted by Gasteiger charge is 2.28. The first-order chi connectivity index (χ1) is 5.86. The van der Waals surface area contributed by atoms with Crippen molar-refractivity contribution in [3.05, 3.63) is 0 Å². The van der Waals surface area contributed by atoms with E-state index in [9.17, 15) is 14.4 Å². The van der Waals surface area contributed by atoms with Gasteiger partial charge in [0, 0.05) is 18.7 Å². The Labute approximate surface area is 79.4 Å². The lowest BCUT2D eigenvalue weighted by molar-refractivity contribution is -0.147. The first-order valence-corrected chi connectivity index (χ1v) is 3.66. The quantitative estimate of drug-likeness (QED) is 0.598. The van der Waals surface area contributed by atoms with Gasteiger partial charge in [0.15, 0.2) is 6.04 Å². The van der Waals surface area contributed by atoms with Gasteiger partial charge in [0.25, 0.3) is 0 Å². The molecule has 74 valence electrons. The van der Waals surface area contributed by atoms with E-state index in [1.165, 1.54) is 0 Å². The van der Waals surface area contributed by atoms with Gasteiger partial charge in [-0.2, -0.15) is 0 Å². The van der Waals surface area contributed by atoms with Gasteiger partial charge in [-0.25, -0.2) is 9.21 Å². The van der Waals surface area contributed by atoms with Crippen molar-refractivity contribution < 1.29 is 19.5 Å². The van der Waals surface area contributed by atoms with Crippen molar-refractivity contribution in [1.29, 1.82) is 0 Å². The second kappa shape index (κ2) is 4.66. The van der Waals surface area contributed by atoms with E-state index >= 15 is 0 Å². The lowest BCUT2D eigenvalue weighted by Gasteiger charge is -2.18. The van der Waals surface area contributed by atoms with Gasteiger partial charge in [0.2, 0.25) is 11.8 Å². The number of amides is 2. The summed E-state index contributed by atoms with van der Waals surface area (Å²) in [5.74, 6) is -2.86. The summed E-state index contributed by atoms with van der Waals surface area (Å²) >= 11 is 5.32. The van der Waals surface area contributed by atoms with Crippen molar-refractivity contribution in [1.82, 2.24) is 4.42 Å². The number of rotatable bonds is 4. The summed E-state index contributed by atoms with van der Waals surface area (Å²) in [7, 11) is 0. The molecule has 0 aromatic heterocycles. The maximum absolute atomic E-state index is 10.6. The lowest BCUT2D eigenvalue weighted by atomic mass is 10.2. The summed E-state index contributed by atoms with van der Waals surface area (Å²) in [6.07, 6.45) is -0.502. The molecule has 1 atom stereocenters. The largest absolute Gasteiger partial charge is 0.480 e. The van der Waals surface area contributed by atoms with Crippen LogP contribution in [-0.4, -0.2) is 33.4 Å². The molecular formula is C6H9ClN2O4. The van der Waals surface area contributed by atoms with Gasteiger partial charge in [0.1, 0.15) is 0 Å². The topological polar surface area (TPSA) is 101 Å². The summed E-state index contributed by atoms with van der Waals surface area (Å²) in [6.45, 7) is 1.09. The Bertz CT molecular complexity index is 243. The Morgan fingerprint density at radius 3 is 2.23 bits per heavy atom. The van der Waals surface area contributed by atoms with Crippen LogP contribution in [0, 0.1) is 0 Å². The van der Waals surface area contributed by atoms with Gasteiger partial charge in [-0.15, -0.1) is 0 Å². The molecular weight excluding hydrogens is 200 g/mol. The Hall–Kier alpha value is -1.30. The summed E-state index contributed by atoms with van der Waals surface area (Å²) < 4.78 is 0.438. The third kappa shape index (κ3) is 3.75. The highest BCUT2D eigenvalue weighted by Crippen LogP contribution is 2.08. The van der Waals surface area contributed by atoms with Crippen molar-refractivity contribution >= 4 is 29.6 Å². The molecule has 2 amide bonds. The zero-order valence-electron chi connectivity index (χ0n) is 6.86. The number of hydrogen-bond acceptors (Lipinski definition) is 3. The maximum atomic E-state index is 10.6. The highest BCUT2D eigenvalue weighted by molar-refractivity contribution is 6.22. The predicted octanol–water partition coefficient (Wildman–Crippen LogP) is -0.683. The first kappa shape index (κ1) is 11.7. The van der Waals surface area contributed by atoms with Crippen LogP contribution in [0.5, 0.6) is 0 Å². The molecule has 0 fully saturated rings. The average Bonchev–Trinajstić information content (AvgIpc) is 1.97. The van der Waals surface area contributed by atoms with E-state index in [-0.39, 0.29) is 0 Å². The minimum atomic E-state index is -1.41. The van der Waals surface area contributed by atoms with Gasteiger partial charge in [-0.05, 0) is 0 Å². The van der Waals surface area contributed by atoms with E-state index < -0.39 is 30.2 Å². The molecule has 0 aliphatic rings. The third-order valence-corrected chi connectivity index (χ3v) is 1.73. The fourth-order valence-corrected chi connectivity index (χ4v) is 0.827. The Morgan fingerprint density at radius 2 is 2.00 bits per heavy atom. The summed E-state index contributed by atoms with van der Waals surface area (Å²) in [5.41, 5.74) is 4.77. The van der Waals surface area contributed by atoms with Gasteiger partial charge in [-0.1, -0.05) is 0 Å². The number of carboxylic acids is 1. The van der Waals surface area contributed by atoms with Crippen LogP contribution >= 0.6 is 11.8 Å². The lowest BCUT2D eigenvalue weighted by Crippen LogP contribution is -2.40. The van der Waals surface area contributed by atoms with Crippen LogP contribution in [0.4, 0.5) is 0 Å². The SMILES string of the molecule is CC(=O)N(Cl)[C@@H](CC(N)=O)C(=O)O. The Balaban J connectivity index is 4.51. The number of carbonyl (C=O) groups is 3. The normalized spacial score (nSPS) is 11.8. The van der Waals surface area contributed by atoms with E-state index in [0.717, 1.165) is 6.92 Å². The molecule has 0 aromatic carbocycles. The molecule has 0 heterocycles. The molecule has 13 heavy (non-hydrogen) atoms. The molecule has 0 radical (unpaired) electrons. The van der Waals surface area contributed by atoms with E-state index in [2.05, 4.69) is 0 Å². The molecule has 0 aromatic rings. The molecule has 6 nitrogen and oxygen atoms in total. The Morgan fingerprint density at radius 1 is 1.54 bits per heavy atom. The fraction of sp³-hybridized carbons (Fsp3) is 0.500. The summed E-state index contributed by atoms with van der Waals surface area (Å²) in [6, 6.07) is -1.41. The number of nitrogens with two attached hydrogens (primary N) is 1. The van der Waals surface area contributed by atoms with Gasteiger partial charge in [0.05, 0.1) is 6.42 Å². The van der Waals surface area contributed by atoms with Crippen LogP contribution in [-0.2, 0) is 14.4 Å². The molecule has 0 saturated heterocycles. The molecule has 0 bridgehead atoms. The second-order valence-electron chi connectivity index (χ2n) is 2.35. The monoisotopic (exact) mass is 208 g/mol. The third-order valence-electron chi connectivity index (χ3n) is 1.25. The van der Waals surface area contributed by atoms with Crippen LogP contribution in [0.2, 0.25) is 0 Å². The van der Waals surface area contributed by atoms with Crippen LogP contribution in [0.25, 0.3) is 0 Å². The fourth-order valence-electron chi connectivity index (χ4n) is 0.674. The maximum Gasteiger partial charge on any atom is 0.328 e. The van der Waals surface area contributed by atoms with Crippen molar-refractivity contribution in [2.75, 3.05) is 0 Å². The average molecular weight is 209 g/mol.